The predicted molar refractivity (Wildman–Crippen MR) is 71.7 cm³/mol. The molecule has 3 aliphatic rings. The first-order chi connectivity index (χ1) is 9.03. The molecule has 0 N–H and O–H groups in total. The topological polar surface area (TPSA) is 60.4 Å². The highest BCUT2D eigenvalue weighted by Gasteiger charge is 2.47. The summed E-state index contributed by atoms with van der Waals surface area (Å²) in [5.41, 5.74) is -0.0863. The fourth-order valence-corrected chi connectivity index (χ4v) is 5.69. The van der Waals surface area contributed by atoms with E-state index < -0.39 is 15.1 Å². The Labute approximate surface area is 114 Å². The van der Waals surface area contributed by atoms with Crippen LogP contribution in [0.1, 0.15) is 51.4 Å². The number of hydrogen-bond acceptors (Lipinski definition) is 4. The van der Waals surface area contributed by atoms with Gasteiger partial charge in [-0.3, -0.25) is 4.79 Å². The van der Waals surface area contributed by atoms with Crippen molar-refractivity contribution in [2.75, 3.05) is 12.4 Å². The second kappa shape index (κ2) is 4.85. The molecule has 108 valence electrons. The van der Waals surface area contributed by atoms with E-state index in [0.29, 0.717) is 25.9 Å². The minimum absolute atomic E-state index is 0.0192. The van der Waals surface area contributed by atoms with Crippen molar-refractivity contribution >= 4 is 15.6 Å². The highest BCUT2D eigenvalue weighted by molar-refractivity contribution is 7.92. The van der Waals surface area contributed by atoms with Crippen LogP contribution in [-0.2, 0) is 19.4 Å². The highest BCUT2D eigenvalue weighted by atomic mass is 32.2. The SMILES string of the molecule is O=C(C1CCOC2(CCC2)C1)C1CCCCS1(=O)=O. The van der Waals surface area contributed by atoms with Gasteiger partial charge in [0.25, 0.3) is 0 Å². The molecule has 3 fully saturated rings. The Balaban J connectivity index is 1.72. The summed E-state index contributed by atoms with van der Waals surface area (Å²) < 4.78 is 29.9. The Morgan fingerprint density at radius 3 is 2.53 bits per heavy atom. The molecule has 0 radical (unpaired) electrons. The largest absolute Gasteiger partial charge is 0.375 e. The number of carbonyl (C=O) groups is 1. The first kappa shape index (κ1) is 13.6. The molecule has 2 heterocycles. The summed E-state index contributed by atoms with van der Waals surface area (Å²) in [6.07, 6.45) is 6.80. The third-order valence-corrected chi connectivity index (χ3v) is 7.25. The van der Waals surface area contributed by atoms with Gasteiger partial charge in [-0.1, -0.05) is 6.42 Å². The van der Waals surface area contributed by atoms with Crippen molar-refractivity contribution in [2.45, 2.75) is 62.2 Å². The molecule has 1 saturated carbocycles. The van der Waals surface area contributed by atoms with Crippen LogP contribution in [0.15, 0.2) is 0 Å². The Kier molecular flexibility index (Phi) is 3.46. The summed E-state index contributed by atoms with van der Waals surface area (Å²) >= 11 is 0. The average molecular weight is 286 g/mol. The molecule has 1 spiro atoms. The van der Waals surface area contributed by atoms with Crippen molar-refractivity contribution in [3.63, 3.8) is 0 Å². The molecule has 19 heavy (non-hydrogen) atoms. The van der Waals surface area contributed by atoms with Crippen LogP contribution in [0.2, 0.25) is 0 Å². The number of rotatable bonds is 2. The monoisotopic (exact) mass is 286 g/mol. The molecule has 0 bridgehead atoms. The van der Waals surface area contributed by atoms with E-state index >= 15 is 0 Å². The standard InChI is InChI=1S/C14H22O4S/c15-13(12-4-1-2-9-19(12,16)17)11-5-8-18-14(10-11)6-3-7-14/h11-12H,1-10H2. The maximum atomic E-state index is 12.6. The van der Waals surface area contributed by atoms with E-state index in [1.54, 1.807) is 0 Å². The van der Waals surface area contributed by atoms with Gasteiger partial charge in [-0.15, -0.1) is 0 Å². The van der Waals surface area contributed by atoms with Crippen LogP contribution in [0.3, 0.4) is 0 Å². The number of Topliss-reactive ketones (excluding diaryl/α,β-unsaturated/α-hetero) is 1. The molecule has 0 aromatic carbocycles. The van der Waals surface area contributed by atoms with Gasteiger partial charge in [-0.2, -0.15) is 0 Å². The first-order valence-corrected chi connectivity index (χ1v) is 9.13. The van der Waals surface area contributed by atoms with Crippen LogP contribution in [0.4, 0.5) is 0 Å². The first-order valence-electron chi connectivity index (χ1n) is 7.42. The molecule has 2 aliphatic heterocycles. The van der Waals surface area contributed by atoms with Crippen molar-refractivity contribution in [3.05, 3.63) is 0 Å². The summed E-state index contributed by atoms with van der Waals surface area (Å²) in [6, 6.07) is 0. The molecule has 3 rings (SSSR count). The third kappa shape index (κ3) is 2.47. The molecule has 5 heteroatoms. The van der Waals surface area contributed by atoms with Crippen molar-refractivity contribution in [1.29, 1.82) is 0 Å². The van der Waals surface area contributed by atoms with Gasteiger partial charge in [0.15, 0.2) is 15.6 Å². The molecule has 2 atom stereocenters. The second-order valence-corrected chi connectivity index (χ2v) is 8.63. The van der Waals surface area contributed by atoms with Gasteiger partial charge in [0, 0.05) is 12.5 Å². The zero-order valence-corrected chi connectivity index (χ0v) is 12.1. The molecular formula is C14H22O4S. The summed E-state index contributed by atoms with van der Waals surface area (Å²) in [5, 5.41) is -0.721. The number of hydrogen-bond donors (Lipinski definition) is 0. The Hall–Kier alpha value is -0.420. The van der Waals surface area contributed by atoms with Gasteiger partial charge in [-0.25, -0.2) is 8.42 Å². The van der Waals surface area contributed by atoms with E-state index in [2.05, 4.69) is 0 Å². The third-order valence-electron chi connectivity index (χ3n) is 5.06. The van der Waals surface area contributed by atoms with E-state index in [-0.39, 0.29) is 23.1 Å². The van der Waals surface area contributed by atoms with Crippen LogP contribution in [0.25, 0.3) is 0 Å². The Morgan fingerprint density at radius 2 is 1.89 bits per heavy atom. The maximum absolute atomic E-state index is 12.6. The fraction of sp³-hybridized carbons (Fsp3) is 0.929. The molecule has 0 amide bonds. The summed E-state index contributed by atoms with van der Waals surface area (Å²) in [6.45, 7) is 0.614. The summed E-state index contributed by atoms with van der Waals surface area (Å²) in [5.74, 6) is 0.0822. The van der Waals surface area contributed by atoms with Crippen LogP contribution in [-0.4, -0.2) is 37.4 Å². The molecule has 0 aromatic heterocycles. The Bertz CT molecular complexity index is 464. The quantitative estimate of drug-likeness (QED) is 0.777. The zero-order chi connectivity index (χ0) is 13.5. The fourth-order valence-electron chi connectivity index (χ4n) is 3.73. The smallest absolute Gasteiger partial charge is 0.160 e. The van der Waals surface area contributed by atoms with Crippen LogP contribution in [0.5, 0.6) is 0 Å². The van der Waals surface area contributed by atoms with E-state index in [1.807, 2.05) is 0 Å². The molecule has 2 saturated heterocycles. The van der Waals surface area contributed by atoms with E-state index in [0.717, 1.165) is 25.7 Å². The van der Waals surface area contributed by atoms with E-state index in [9.17, 15) is 13.2 Å². The maximum Gasteiger partial charge on any atom is 0.160 e. The van der Waals surface area contributed by atoms with Crippen molar-refractivity contribution in [1.82, 2.24) is 0 Å². The number of carbonyl (C=O) groups excluding carboxylic acids is 1. The van der Waals surface area contributed by atoms with Crippen molar-refractivity contribution in [2.24, 2.45) is 5.92 Å². The molecule has 4 nitrogen and oxygen atoms in total. The van der Waals surface area contributed by atoms with Crippen LogP contribution < -0.4 is 0 Å². The number of sulfone groups is 1. The Morgan fingerprint density at radius 1 is 1.11 bits per heavy atom. The van der Waals surface area contributed by atoms with Gasteiger partial charge in [0.05, 0.1) is 11.4 Å². The van der Waals surface area contributed by atoms with E-state index in [4.69, 9.17) is 4.74 Å². The van der Waals surface area contributed by atoms with Gasteiger partial charge >= 0.3 is 0 Å². The molecule has 1 aliphatic carbocycles. The van der Waals surface area contributed by atoms with Crippen LogP contribution >= 0.6 is 0 Å². The molecule has 0 aromatic rings. The average Bonchev–Trinajstić information content (AvgIpc) is 2.36. The van der Waals surface area contributed by atoms with Gasteiger partial charge < -0.3 is 4.74 Å². The van der Waals surface area contributed by atoms with E-state index in [1.165, 1.54) is 6.42 Å². The van der Waals surface area contributed by atoms with Crippen molar-refractivity contribution < 1.29 is 17.9 Å². The van der Waals surface area contributed by atoms with Gasteiger partial charge in [-0.05, 0) is 44.9 Å². The number of ether oxygens (including phenoxy) is 1. The predicted octanol–water partition coefficient (Wildman–Crippen LogP) is 1.87. The molecular weight excluding hydrogens is 264 g/mol. The lowest BCUT2D eigenvalue weighted by Gasteiger charge is -2.47. The molecule has 2 unspecified atom stereocenters. The summed E-state index contributed by atoms with van der Waals surface area (Å²) in [7, 11) is -3.19. The van der Waals surface area contributed by atoms with Gasteiger partial charge in [0.2, 0.25) is 0 Å². The normalized spacial score (nSPS) is 36.6. The lowest BCUT2D eigenvalue weighted by molar-refractivity contribution is -0.155. The van der Waals surface area contributed by atoms with Crippen LogP contribution in [0, 0.1) is 5.92 Å². The lowest BCUT2D eigenvalue weighted by Crippen LogP contribution is -2.49. The minimum atomic E-state index is -3.19. The van der Waals surface area contributed by atoms with Crippen molar-refractivity contribution in [3.8, 4) is 0 Å². The second-order valence-electron chi connectivity index (χ2n) is 6.33. The lowest BCUT2D eigenvalue weighted by atomic mass is 9.71. The highest BCUT2D eigenvalue weighted by Crippen LogP contribution is 2.45. The number of ketones is 1. The zero-order valence-electron chi connectivity index (χ0n) is 11.3. The summed E-state index contributed by atoms with van der Waals surface area (Å²) in [4.78, 5) is 12.6. The minimum Gasteiger partial charge on any atom is -0.375 e. The van der Waals surface area contributed by atoms with Gasteiger partial charge in [0.1, 0.15) is 5.25 Å².